The smallest absolute Gasteiger partial charge is 0.251 e. The number of hydrogen-bond acceptors (Lipinski definition) is 6. The van der Waals surface area contributed by atoms with Crippen LogP contribution < -0.4 is 25.2 Å². The molecule has 1 aliphatic carbocycles. The first-order valence-corrected chi connectivity index (χ1v) is 10.0. The van der Waals surface area contributed by atoms with Gasteiger partial charge in [-0.25, -0.2) is 0 Å². The molecular weight excluding hydrogens is 384 g/mol. The number of nitrogens with one attached hydrogen (secondary N) is 2. The van der Waals surface area contributed by atoms with Crippen LogP contribution in [0.15, 0.2) is 48.6 Å². The molecule has 3 aliphatic rings. The van der Waals surface area contributed by atoms with Gasteiger partial charge in [-0.05, 0) is 53.8 Å². The molecule has 2 aromatic carbocycles. The lowest BCUT2D eigenvalue weighted by molar-refractivity contribution is -0.305. The van der Waals surface area contributed by atoms with Crippen molar-refractivity contribution in [1.82, 2.24) is 5.32 Å². The number of allylic oxidation sites excluding steroid dienone is 2. The zero-order valence-corrected chi connectivity index (χ0v) is 16.2. The SMILES string of the molecule is O=C([O-])CCNC(=O)c1ccc2c(c1)[C@H]1C=CC[C@H]1[C@@H](c1ccc3c(c1)OCO3)N2. The van der Waals surface area contributed by atoms with Gasteiger partial charge in [-0.1, -0.05) is 18.2 Å². The number of amides is 1. The average Bonchev–Trinajstić information content (AvgIpc) is 3.41. The normalized spacial score (nSPS) is 22.7. The van der Waals surface area contributed by atoms with Crippen LogP contribution >= 0.6 is 0 Å². The molecular formula is C23H21N2O5-. The Balaban J connectivity index is 1.41. The minimum absolute atomic E-state index is 0.0502. The number of aliphatic carboxylic acids is 1. The molecule has 0 saturated carbocycles. The van der Waals surface area contributed by atoms with Crippen molar-refractivity contribution >= 4 is 17.6 Å². The van der Waals surface area contributed by atoms with Crippen LogP contribution in [0.5, 0.6) is 11.5 Å². The zero-order chi connectivity index (χ0) is 20.7. The van der Waals surface area contributed by atoms with Gasteiger partial charge in [-0.3, -0.25) is 4.79 Å². The quantitative estimate of drug-likeness (QED) is 0.739. The first kappa shape index (κ1) is 18.5. The minimum atomic E-state index is -1.18. The van der Waals surface area contributed by atoms with Crippen molar-refractivity contribution in [2.24, 2.45) is 5.92 Å². The molecule has 0 aromatic heterocycles. The maximum absolute atomic E-state index is 12.4. The molecule has 0 saturated heterocycles. The summed E-state index contributed by atoms with van der Waals surface area (Å²) in [5.41, 5.74) is 3.75. The summed E-state index contributed by atoms with van der Waals surface area (Å²) in [7, 11) is 0. The lowest BCUT2D eigenvalue weighted by atomic mass is 9.76. The van der Waals surface area contributed by atoms with E-state index in [4.69, 9.17) is 9.47 Å². The summed E-state index contributed by atoms with van der Waals surface area (Å²) in [5, 5.41) is 16.8. The van der Waals surface area contributed by atoms with Gasteiger partial charge < -0.3 is 30.0 Å². The van der Waals surface area contributed by atoms with E-state index in [1.54, 1.807) is 6.07 Å². The molecule has 0 fully saturated rings. The fourth-order valence-electron chi connectivity index (χ4n) is 4.55. The fraction of sp³-hybridized carbons (Fsp3) is 0.304. The lowest BCUT2D eigenvalue weighted by Crippen LogP contribution is -2.32. The molecule has 2 N–H and O–H groups in total. The Morgan fingerprint density at radius 2 is 2.00 bits per heavy atom. The van der Waals surface area contributed by atoms with Crippen molar-refractivity contribution in [3.8, 4) is 11.5 Å². The third kappa shape index (κ3) is 3.26. The van der Waals surface area contributed by atoms with Crippen LogP contribution in [0.1, 0.15) is 46.3 Å². The van der Waals surface area contributed by atoms with Crippen molar-refractivity contribution in [3.63, 3.8) is 0 Å². The molecule has 5 rings (SSSR count). The van der Waals surface area contributed by atoms with E-state index in [0.717, 1.165) is 34.7 Å². The van der Waals surface area contributed by atoms with E-state index < -0.39 is 5.97 Å². The summed E-state index contributed by atoms with van der Waals surface area (Å²) >= 11 is 0. The van der Waals surface area contributed by atoms with Crippen molar-refractivity contribution in [2.75, 3.05) is 18.7 Å². The van der Waals surface area contributed by atoms with Gasteiger partial charge >= 0.3 is 0 Å². The molecule has 7 heteroatoms. The second-order valence-corrected chi connectivity index (χ2v) is 7.77. The highest BCUT2D eigenvalue weighted by atomic mass is 16.7. The van der Waals surface area contributed by atoms with E-state index in [1.807, 2.05) is 24.3 Å². The largest absolute Gasteiger partial charge is 0.550 e. The summed E-state index contributed by atoms with van der Waals surface area (Å²) in [4.78, 5) is 23.0. The van der Waals surface area contributed by atoms with Crippen LogP contribution in [0, 0.1) is 5.92 Å². The van der Waals surface area contributed by atoms with Gasteiger partial charge in [0.15, 0.2) is 11.5 Å². The second kappa shape index (κ2) is 7.40. The van der Waals surface area contributed by atoms with Crippen LogP contribution in [0.4, 0.5) is 5.69 Å². The van der Waals surface area contributed by atoms with Crippen molar-refractivity contribution in [2.45, 2.75) is 24.8 Å². The van der Waals surface area contributed by atoms with Crippen LogP contribution in [-0.2, 0) is 4.79 Å². The molecule has 2 aromatic rings. The molecule has 2 heterocycles. The standard InChI is InChI=1S/C23H22N2O5/c26-21(27)8-9-24-23(28)14-4-6-18-17(10-14)15-2-1-3-16(15)22(25-18)13-5-7-19-20(11-13)30-12-29-19/h1-2,4-7,10-11,15-16,22,25H,3,8-9,12H2,(H,24,28)(H,26,27)/p-1/t15-,16+,22+/m0/s1. The molecule has 0 spiro atoms. The van der Waals surface area contributed by atoms with Crippen LogP contribution in [0.2, 0.25) is 0 Å². The first-order valence-electron chi connectivity index (χ1n) is 10.0. The van der Waals surface area contributed by atoms with Crippen molar-refractivity contribution < 1.29 is 24.2 Å². The first-order chi connectivity index (χ1) is 14.6. The topological polar surface area (TPSA) is 99.7 Å². The number of rotatable bonds is 5. The van der Waals surface area contributed by atoms with Gasteiger partial charge in [0.25, 0.3) is 5.91 Å². The monoisotopic (exact) mass is 405 g/mol. The van der Waals surface area contributed by atoms with Crippen LogP contribution in [0.3, 0.4) is 0 Å². The summed E-state index contributed by atoms with van der Waals surface area (Å²) in [6.07, 6.45) is 5.14. The summed E-state index contributed by atoms with van der Waals surface area (Å²) < 4.78 is 11.0. The van der Waals surface area contributed by atoms with E-state index in [-0.39, 0.29) is 37.6 Å². The Kier molecular flexibility index (Phi) is 4.58. The maximum Gasteiger partial charge on any atom is 0.251 e. The van der Waals surface area contributed by atoms with Crippen LogP contribution in [0.25, 0.3) is 0 Å². The Hall–Kier alpha value is -3.48. The number of ether oxygens (including phenoxy) is 2. The van der Waals surface area contributed by atoms with Gasteiger partial charge in [0.2, 0.25) is 6.79 Å². The van der Waals surface area contributed by atoms with Gasteiger partial charge in [-0.2, -0.15) is 0 Å². The van der Waals surface area contributed by atoms with Gasteiger partial charge in [0.1, 0.15) is 0 Å². The molecule has 2 aliphatic heterocycles. The Morgan fingerprint density at radius 3 is 2.87 bits per heavy atom. The maximum atomic E-state index is 12.4. The summed E-state index contributed by atoms with van der Waals surface area (Å²) in [6.45, 7) is 0.301. The molecule has 0 bridgehead atoms. The molecule has 30 heavy (non-hydrogen) atoms. The van der Waals surface area contributed by atoms with E-state index in [9.17, 15) is 14.7 Å². The van der Waals surface area contributed by atoms with Crippen molar-refractivity contribution in [1.29, 1.82) is 0 Å². The Bertz CT molecular complexity index is 1050. The predicted octanol–water partition coefficient (Wildman–Crippen LogP) is 2.11. The molecule has 0 radical (unpaired) electrons. The number of carbonyl (C=O) groups excluding carboxylic acids is 2. The van der Waals surface area contributed by atoms with E-state index in [1.165, 1.54) is 0 Å². The molecule has 0 unspecified atom stereocenters. The predicted molar refractivity (Wildman–Crippen MR) is 107 cm³/mol. The fourth-order valence-corrected chi connectivity index (χ4v) is 4.55. The van der Waals surface area contributed by atoms with E-state index in [0.29, 0.717) is 11.5 Å². The molecule has 1 amide bonds. The van der Waals surface area contributed by atoms with Crippen molar-refractivity contribution in [3.05, 3.63) is 65.2 Å². The third-order valence-electron chi connectivity index (χ3n) is 6.00. The summed E-state index contributed by atoms with van der Waals surface area (Å²) in [6, 6.07) is 11.8. The number of benzene rings is 2. The zero-order valence-electron chi connectivity index (χ0n) is 16.2. The van der Waals surface area contributed by atoms with Gasteiger partial charge in [-0.15, -0.1) is 0 Å². The van der Waals surface area contributed by atoms with Gasteiger partial charge in [0, 0.05) is 36.1 Å². The highest BCUT2D eigenvalue weighted by molar-refractivity contribution is 5.95. The van der Waals surface area contributed by atoms with Crippen LogP contribution in [-0.4, -0.2) is 25.2 Å². The van der Waals surface area contributed by atoms with Gasteiger partial charge in [0.05, 0.1) is 6.04 Å². The lowest BCUT2D eigenvalue weighted by Gasteiger charge is -2.37. The Morgan fingerprint density at radius 1 is 1.13 bits per heavy atom. The second-order valence-electron chi connectivity index (χ2n) is 7.77. The number of carbonyl (C=O) groups is 2. The average molecular weight is 405 g/mol. The number of carboxylic acids is 1. The highest BCUT2D eigenvalue weighted by Gasteiger charge is 2.38. The molecule has 154 valence electrons. The number of anilines is 1. The summed E-state index contributed by atoms with van der Waals surface area (Å²) in [5.74, 6) is 0.604. The highest BCUT2D eigenvalue weighted by Crippen LogP contribution is 2.50. The number of fused-ring (bicyclic) bond motifs is 4. The molecule has 3 atom stereocenters. The third-order valence-corrected chi connectivity index (χ3v) is 6.00. The molecule has 7 nitrogen and oxygen atoms in total. The Labute approximate surface area is 173 Å². The van der Waals surface area contributed by atoms with E-state index >= 15 is 0 Å². The number of carboxylic acid groups (broad SMARTS) is 1. The number of hydrogen-bond donors (Lipinski definition) is 2. The van der Waals surface area contributed by atoms with E-state index in [2.05, 4.69) is 28.9 Å². The minimum Gasteiger partial charge on any atom is -0.550 e.